The quantitative estimate of drug-likeness (QED) is 0.477. The van der Waals surface area contributed by atoms with Gasteiger partial charge in [-0.2, -0.15) is 0 Å². The van der Waals surface area contributed by atoms with Gasteiger partial charge >= 0.3 is 0 Å². The predicted octanol–water partition coefficient (Wildman–Crippen LogP) is 2.44. The molecule has 0 N–H and O–H groups in total. The molecule has 7 aliphatic carbocycles. The molecule has 10 heavy (non-hydrogen) atoms. The molecule has 5 bridgehead atoms. The molecule has 0 radical (unpaired) electrons. The minimum atomic E-state index is 0.983. The first kappa shape index (κ1) is 4.79. The summed E-state index contributed by atoms with van der Waals surface area (Å²) < 4.78 is 0. The van der Waals surface area contributed by atoms with Crippen LogP contribution in [0, 0.1) is 29.1 Å². The zero-order valence-electron chi connectivity index (χ0n) is 6.34. The second kappa shape index (κ2) is 1.09. The van der Waals surface area contributed by atoms with Crippen molar-refractivity contribution in [2.45, 2.75) is 32.1 Å². The Bertz CT molecular complexity index is 183. The predicted molar refractivity (Wildman–Crippen MR) is 39.5 cm³/mol. The van der Waals surface area contributed by atoms with Gasteiger partial charge in [0.15, 0.2) is 0 Å². The molecule has 7 rings (SSSR count). The van der Waals surface area contributed by atoms with E-state index in [1.165, 1.54) is 23.7 Å². The fourth-order valence-electron chi connectivity index (χ4n) is 5.17. The fourth-order valence-corrected chi connectivity index (χ4v) is 5.17. The molecule has 2 atom stereocenters. The molecule has 54 valence electrons. The first-order valence-corrected chi connectivity index (χ1v) is 4.87. The summed E-state index contributed by atoms with van der Waals surface area (Å²) >= 11 is 0. The summed E-state index contributed by atoms with van der Waals surface area (Å²) in [5, 5.41) is 0. The summed E-state index contributed by atoms with van der Waals surface area (Å²) in [4.78, 5) is 0. The molecule has 0 heterocycles. The van der Waals surface area contributed by atoms with Crippen LogP contribution >= 0.6 is 0 Å². The van der Waals surface area contributed by atoms with Crippen molar-refractivity contribution in [3.8, 4) is 0 Å². The third kappa shape index (κ3) is 0.286. The van der Waals surface area contributed by atoms with Gasteiger partial charge in [-0.05, 0) is 61.2 Å². The zero-order chi connectivity index (χ0) is 6.34. The molecule has 0 saturated heterocycles. The highest BCUT2D eigenvalue weighted by Gasteiger charge is 2.70. The summed E-state index contributed by atoms with van der Waals surface area (Å²) in [6, 6.07) is 0. The van der Waals surface area contributed by atoms with Gasteiger partial charge in [0.05, 0.1) is 0 Å². The Morgan fingerprint density at radius 3 is 1.90 bits per heavy atom. The molecule has 0 nitrogen and oxygen atoms in total. The highest BCUT2D eigenvalue weighted by Crippen LogP contribution is 2.79. The average molecular weight is 134 g/mol. The summed E-state index contributed by atoms with van der Waals surface area (Å²) in [5.41, 5.74) is 0.983. The van der Waals surface area contributed by atoms with E-state index >= 15 is 0 Å². The normalized spacial score (nSPS) is 74.4. The van der Waals surface area contributed by atoms with Gasteiger partial charge in [0, 0.05) is 0 Å². The molecule has 0 aromatic heterocycles. The Morgan fingerprint density at radius 1 is 0.900 bits per heavy atom. The SMILES string of the molecule is C1C2CC3CC4(C2)CC1C34. The van der Waals surface area contributed by atoms with E-state index in [4.69, 9.17) is 0 Å². The van der Waals surface area contributed by atoms with Crippen molar-refractivity contribution in [2.24, 2.45) is 29.1 Å². The summed E-state index contributed by atoms with van der Waals surface area (Å²) in [5.74, 6) is 4.91. The minimum Gasteiger partial charge on any atom is -0.0472 e. The van der Waals surface area contributed by atoms with E-state index in [1.54, 1.807) is 32.1 Å². The van der Waals surface area contributed by atoms with E-state index in [0.29, 0.717) is 0 Å². The van der Waals surface area contributed by atoms with Gasteiger partial charge in [0.2, 0.25) is 0 Å². The van der Waals surface area contributed by atoms with Crippen molar-refractivity contribution in [2.75, 3.05) is 0 Å². The van der Waals surface area contributed by atoms with Gasteiger partial charge in [-0.3, -0.25) is 0 Å². The van der Waals surface area contributed by atoms with E-state index < -0.39 is 0 Å². The summed E-state index contributed by atoms with van der Waals surface area (Å²) in [6.07, 6.45) is 8.19. The summed E-state index contributed by atoms with van der Waals surface area (Å²) in [6.45, 7) is 0. The van der Waals surface area contributed by atoms with Crippen molar-refractivity contribution < 1.29 is 0 Å². The van der Waals surface area contributed by atoms with Crippen molar-refractivity contribution in [3.63, 3.8) is 0 Å². The smallest absolute Gasteiger partial charge is 0.0256 e. The monoisotopic (exact) mass is 134 g/mol. The average Bonchev–Trinajstić information content (AvgIpc) is 1.83. The molecule has 7 aliphatic rings. The van der Waals surface area contributed by atoms with Crippen LogP contribution in [-0.2, 0) is 0 Å². The van der Waals surface area contributed by atoms with Gasteiger partial charge in [-0.1, -0.05) is 0 Å². The van der Waals surface area contributed by atoms with Crippen LogP contribution in [0.5, 0.6) is 0 Å². The minimum absolute atomic E-state index is 0.983. The van der Waals surface area contributed by atoms with Crippen LogP contribution in [0.15, 0.2) is 0 Å². The molecular formula is C10H14. The van der Waals surface area contributed by atoms with Gasteiger partial charge in [0.25, 0.3) is 0 Å². The molecule has 0 aliphatic heterocycles. The fraction of sp³-hybridized carbons (Fsp3) is 1.00. The maximum absolute atomic E-state index is 1.64. The Morgan fingerprint density at radius 2 is 1.60 bits per heavy atom. The van der Waals surface area contributed by atoms with Crippen molar-refractivity contribution in [1.82, 2.24) is 0 Å². The molecular weight excluding hydrogens is 120 g/mol. The van der Waals surface area contributed by atoms with E-state index in [9.17, 15) is 0 Å². The van der Waals surface area contributed by atoms with Crippen molar-refractivity contribution in [1.29, 1.82) is 0 Å². The number of rotatable bonds is 0. The van der Waals surface area contributed by atoms with Gasteiger partial charge in [-0.15, -0.1) is 0 Å². The first-order valence-electron chi connectivity index (χ1n) is 4.87. The van der Waals surface area contributed by atoms with E-state index in [2.05, 4.69) is 0 Å². The lowest BCUT2D eigenvalue weighted by atomic mass is 9.28. The van der Waals surface area contributed by atoms with Crippen molar-refractivity contribution >= 4 is 0 Å². The molecule has 2 unspecified atom stereocenters. The van der Waals surface area contributed by atoms with Crippen LogP contribution in [-0.4, -0.2) is 0 Å². The van der Waals surface area contributed by atoms with Crippen LogP contribution in [0.1, 0.15) is 32.1 Å². The van der Waals surface area contributed by atoms with E-state index in [0.717, 1.165) is 5.41 Å². The van der Waals surface area contributed by atoms with E-state index in [-0.39, 0.29) is 0 Å². The highest BCUT2D eigenvalue weighted by atomic mass is 14.8. The molecule has 0 aromatic rings. The van der Waals surface area contributed by atoms with Crippen LogP contribution in [0.2, 0.25) is 0 Å². The zero-order valence-corrected chi connectivity index (χ0v) is 6.34. The standard InChI is InChI=1S/C10H14/c1-6-2-8-5-10(3-6)4-7(1)9(8)10/h6-9H,1-5H2. The molecule has 0 amide bonds. The van der Waals surface area contributed by atoms with E-state index in [1.807, 2.05) is 0 Å². The van der Waals surface area contributed by atoms with Gasteiger partial charge in [0.1, 0.15) is 0 Å². The third-order valence-electron chi connectivity index (χ3n) is 5.03. The first-order chi connectivity index (χ1) is 4.87. The maximum atomic E-state index is 1.64. The largest absolute Gasteiger partial charge is 0.0472 e. The van der Waals surface area contributed by atoms with Crippen LogP contribution in [0.3, 0.4) is 0 Å². The third-order valence-corrected chi connectivity index (χ3v) is 5.03. The molecule has 7 saturated carbocycles. The lowest BCUT2D eigenvalue weighted by Crippen LogP contribution is -2.69. The highest BCUT2D eigenvalue weighted by molar-refractivity contribution is 5.20. The Hall–Kier alpha value is 0. The van der Waals surface area contributed by atoms with Crippen LogP contribution in [0.25, 0.3) is 0 Å². The number of hydrogen-bond donors (Lipinski definition) is 0. The lowest BCUT2D eigenvalue weighted by Gasteiger charge is -2.77. The second-order valence-corrected chi connectivity index (χ2v) is 5.36. The Balaban J connectivity index is 1.88. The molecule has 1 spiro atoms. The van der Waals surface area contributed by atoms with Gasteiger partial charge < -0.3 is 0 Å². The summed E-state index contributed by atoms with van der Waals surface area (Å²) in [7, 11) is 0. The second-order valence-electron chi connectivity index (χ2n) is 5.36. The topological polar surface area (TPSA) is 0 Å². The Kier molecular flexibility index (Phi) is 0.522. The molecule has 0 aromatic carbocycles. The molecule has 0 heteroatoms. The van der Waals surface area contributed by atoms with Crippen molar-refractivity contribution in [3.05, 3.63) is 0 Å². The lowest BCUT2D eigenvalue weighted by molar-refractivity contribution is -0.278. The number of hydrogen-bond acceptors (Lipinski definition) is 0. The van der Waals surface area contributed by atoms with Crippen LogP contribution in [0.4, 0.5) is 0 Å². The Labute approximate surface area is 62.0 Å². The maximum Gasteiger partial charge on any atom is -0.0256 e. The molecule has 7 fully saturated rings. The van der Waals surface area contributed by atoms with Crippen LogP contribution < -0.4 is 0 Å². The van der Waals surface area contributed by atoms with Gasteiger partial charge in [-0.25, -0.2) is 0 Å².